The maximum absolute atomic E-state index is 5.13. The fourth-order valence-electron chi connectivity index (χ4n) is 5.95. The second-order valence-electron chi connectivity index (χ2n) is 11.1. The maximum Gasteiger partial charge on any atom is 0.140 e. The summed E-state index contributed by atoms with van der Waals surface area (Å²) in [6.45, 7) is 9.14. The highest BCUT2D eigenvalue weighted by molar-refractivity contribution is 5.85. The van der Waals surface area contributed by atoms with E-state index in [2.05, 4.69) is 104 Å². The molecule has 0 amide bonds. The van der Waals surface area contributed by atoms with Gasteiger partial charge in [0.15, 0.2) is 0 Å². The van der Waals surface area contributed by atoms with Gasteiger partial charge >= 0.3 is 0 Å². The molecule has 0 saturated heterocycles. The van der Waals surface area contributed by atoms with Gasteiger partial charge in [0.2, 0.25) is 0 Å². The van der Waals surface area contributed by atoms with Gasteiger partial charge in [-0.1, -0.05) is 45.9 Å². The molecular weight excluding hydrogens is 466 g/mol. The molecule has 192 valence electrons. The van der Waals surface area contributed by atoms with Crippen LogP contribution < -0.4 is 0 Å². The number of benzene rings is 1. The van der Waals surface area contributed by atoms with Gasteiger partial charge in [0, 0.05) is 59.4 Å². The number of aromatic amines is 1. The Bertz CT molecular complexity index is 1750. The van der Waals surface area contributed by atoms with E-state index in [1.807, 2.05) is 18.6 Å². The van der Waals surface area contributed by atoms with Crippen molar-refractivity contribution in [2.75, 3.05) is 0 Å². The Morgan fingerprint density at radius 2 is 1.55 bits per heavy atom. The van der Waals surface area contributed by atoms with Crippen LogP contribution in [-0.4, -0.2) is 24.5 Å². The van der Waals surface area contributed by atoms with E-state index in [9.17, 15) is 0 Å². The second-order valence-corrected chi connectivity index (χ2v) is 11.1. The molecule has 2 atom stereocenters. The minimum absolute atomic E-state index is 0.306. The maximum atomic E-state index is 5.13. The normalized spacial score (nSPS) is 13.6. The summed E-state index contributed by atoms with van der Waals surface area (Å²) >= 11 is 0. The molecule has 0 spiro atoms. The third-order valence-corrected chi connectivity index (χ3v) is 7.97. The number of rotatable bonds is 7. The first kappa shape index (κ1) is 24.4. The molecule has 0 aliphatic carbocycles. The summed E-state index contributed by atoms with van der Waals surface area (Å²) < 4.78 is 2.14. The number of hydrogen-bond acceptors (Lipinski definition) is 3. The summed E-state index contributed by atoms with van der Waals surface area (Å²) in [7, 11) is 2.09. The van der Waals surface area contributed by atoms with E-state index in [-0.39, 0.29) is 0 Å². The number of H-pyrrole nitrogens is 1. The first-order valence-corrected chi connectivity index (χ1v) is 13.6. The Hall–Kier alpha value is -3.99. The van der Waals surface area contributed by atoms with Gasteiger partial charge in [-0.25, -0.2) is 9.97 Å². The monoisotopic (exact) mass is 501 g/mol. The van der Waals surface area contributed by atoms with Crippen LogP contribution in [0.4, 0.5) is 0 Å². The number of nitrogens with zero attached hydrogens (tertiary/aromatic N) is 4. The Morgan fingerprint density at radius 3 is 2.37 bits per heavy atom. The predicted molar refractivity (Wildman–Crippen MR) is 157 cm³/mol. The molecule has 0 aliphatic heterocycles. The molecule has 1 N–H and O–H groups in total. The lowest BCUT2D eigenvalue weighted by atomic mass is 9.89. The number of nitrogens with one attached hydrogen (secondary N) is 1. The Labute approximate surface area is 224 Å². The van der Waals surface area contributed by atoms with E-state index in [0.717, 1.165) is 35.5 Å². The highest BCUT2D eigenvalue weighted by Gasteiger charge is 2.19. The largest absolute Gasteiger partial charge is 0.346 e. The van der Waals surface area contributed by atoms with Gasteiger partial charge in [0.25, 0.3) is 0 Å². The zero-order valence-corrected chi connectivity index (χ0v) is 22.9. The number of aromatic nitrogens is 5. The van der Waals surface area contributed by atoms with Gasteiger partial charge in [-0.15, -0.1) is 0 Å². The predicted octanol–water partition coefficient (Wildman–Crippen LogP) is 7.81. The van der Waals surface area contributed by atoms with Crippen LogP contribution in [0.15, 0.2) is 73.3 Å². The summed E-state index contributed by atoms with van der Waals surface area (Å²) in [5.74, 6) is 1.09. The van der Waals surface area contributed by atoms with Gasteiger partial charge in [-0.05, 0) is 83.0 Å². The standard InChI is InChI=1S/C33H35N5/c1-20(2)30-17-24(36-32-28(30)10-13-35-32)16-22(4)31-18-25(37-33-29(31)11-14-38(33)5)15-21(3)26-8-6-7-23-19-34-12-9-27(23)26/h6-14,17-22H,15-16H2,1-5H3,(H,35,36)/t21-,22-/m0/s1. The van der Waals surface area contributed by atoms with Crippen molar-refractivity contribution < 1.29 is 0 Å². The quantitative estimate of drug-likeness (QED) is 0.243. The molecule has 5 heterocycles. The molecule has 1 aromatic carbocycles. The minimum Gasteiger partial charge on any atom is -0.346 e. The van der Waals surface area contributed by atoms with Gasteiger partial charge in [0.05, 0.1) is 0 Å². The topological polar surface area (TPSA) is 59.4 Å². The van der Waals surface area contributed by atoms with Gasteiger partial charge in [-0.3, -0.25) is 4.98 Å². The molecule has 6 rings (SSSR count). The van der Waals surface area contributed by atoms with E-state index < -0.39 is 0 Å². The number of hydrogen-bond donors (Lipinski definition) is 1. The first-order valence-electron chi connectivity index (χ1n) is 13.6. The molecule has 0 fully saturated rings. The SMILES string of the molecule is CC(C)c1cc(C[C@H](C)c2cc(C[C@H](C)c3cccc4cnccc34)nc3c2ccn3C)nc2[nH]ccc12. The molecule has 0 radical (unpaired) electrons. The van der Waals surface area contributed by atoms with Crippen LogP contribution in [-0.2, 0) is 19.9 Å². The molecule has 0 bridgehead atoms. The van der Waals surface area contributed by atoms with Gasteiger partial charge in [0.1, 0.15) is 11.3 Å². The summed E-state index contributed by atoms with van der Waals surface area (Å²) in [4.78, 5) is 17.8. The summed E-state index contributed by atoms with van der Waals surface area (Å²) in [6, 6.07) is 17.6. The van der Waals surface area contributed by atoms with Crippen molar-refractivity contribution in [3.63, 3.8) is 0 Å². The number of fused-ring (bicyclic) bond motifs is 3. The van der Waals surface area contributed by atoms with Crippen LogP contribution in [0.3, 0.4) is 0 Å². The van der Waals surface area contributed by atoms with Crippen LogP contribution in [0.2, 0.25) is 0 Å². The van der Waals surface area contributed by atoms with Gasteiger partial charge in [-0.2, -0.15) is 0 Å². The lowest BCUT2D eigenvalue weighted by Crippen LogP contribution is -2.07. The number of pyridine rings is 3. The van der Waals surface area contributed by atoms with E-state index in [4.69, 9.17) is 9.97 Å². The van der Waals surface area contributed by atoms with Crippen molar-refractivity contribution in [2.24, 2.45) is 7.05 Å². The smallest absolute Gasteiger partial charge is 0.140 e. The molecule has 5 nitrogen and oxygen atoms in total. The average molecular weight is 502 g/mol. The highest BCUT2D eigenvalue weighted by atomic mass is 15.0. The summed E-state index contributed by atoms with van der Waals surface area (Å²) in [6.07, 6.45) is 9.71. The molecule has 5 aromatic heterocycles. The molecular formula is C33H35N5. The fourth-order valence-corrected chi connectivity index (χ4v) is 5.95. The molecule has 5 heteroatoms. The molecule has 0 aliphatic rings. The summed E-state index contributed by atoms with van der Waals surface area (Å²) in [5, 5.41) is 4.92. The summed E-state index contributed by atoms with van der Waals surface area (Å²) in [5.41, 5.74) is 8.36. The second kappa shape index (κ2) is 9.71. The molecule has 0 unspecified atom stereocenters. The van der Waals surface area contributed by atoms with Crippen LogP contribution in [0.1, 0.15) is 73.5 Å². The van der Waals surface area contributed by atoms with E-state index in [1.54, 1.807) is 0 Å². The van der Waals surface area contributed by atoms with Crippen molar-refractivity contribution in [3.05, 3.63) is 101 Å². The third kappa shape index (κ3) is 4.36. The van der Waals surface area contributed by atoms with Crippen LogP contribution in [0, 0.1) is 0 Å². The van der Waals surface area contributed by atoms with E-state index >= 15 is 0 Å². The molecule has 6 aromatic rings. The lowest BCUT2D eigenvalue weighted by molar-refractivity contribution is 0.724. The fraction of sp³-hybridized carbons (Fsp3) is 0.303. The first-order chi connectivity index (χ1) is 18.4. The van der Waals surface area contributed by atoms with Crippen LogP contribution in [0.5, 0.6) is 0 Å². The highest BCUT2D eigenvalue weighted by Crippen LogP contribution is 2.33. The zero-order chi connectivity index (χ0) is 26.4. The third-order valence-electron chi connectivity index (χ3n) is 7.97. The average Bonchev–Trinajstić information content (AvgIpc) is 3.54. The van der Waals surface area contributed by atoms with Crippen LogP contribution >= 0.6 is 0 Å². The van der Waals surface area contributed by atoms with Crippen molar-refractivity contribution in [3.8, 4) is 0 Å². The lowest BCUT2D eigenvalue weighted by Gasteiger charge is -2.18. The Morgan fingerprint density at radius 1 is 0.789 bits per heavy atom. The zero-order valence-electron chi connectivity index (χ0n) is 22.9. The van der Waals surface area contributed by atoms with Gasteiger partial charge < -0.3 is 9.55 Å². The molecule has 0 saturated carbocycles. The molecule has 38 heavy (non-hydrogen) atoms. The van der Waals surface area contributed by atoms with Crippen molar-refractivity contribution in [1.82, 2.24) is 24.5 Å². The number of aryl methyl sites for hydroxylation is 1. The van der Waals surface area contributed by atoms with Crippen molar-refractivity contribution >= 4 is 32.8 Å². The minimum atomic E-state index is 0.306. The van der Waals surface area contributed by atoms with Crippen molar-refractivity contribution in [1.29, 1.82) is 0 Å². The Balaban J connectivity index is 1.35. The van der Waals surface area contributed by atoms with Crippen LogP contribution in [0.25, 0.3) is 32.8 Å². The Kier molecular flexibility index (Phi) is 6.22. The van der Waals surface area contributed by atoms with E-state index in [1.165, 1.54) is 38.2 Å². The van der Waals surface area contributed by atoms with E-state index in [0.29, 0.717) is 17.8 Å². The van der Waals surface area contributed by atoms with Crippen molar-refractivity contribution in [2.45, 2.75) is 58.3 Å².